The average Bonchev–Trinajstić information content (AvgIpc) is 2.37. The van der Waals surface area contributed by atoms with Crippen molar-refractivity contribution in [1.29, 1.82) is 0 Å². The zero-order valence-electron chi connectivity index (χ0n) is 12.5. The second-order valence-electron chi connectivity index (χ2n) is 5.48. The summed E-state index contributed by atoms with van der Waals surface area (Å²) in [5, 5.41) is 10.3. The summed E-state index contributed by atoms with van der Waals surface area (Å²) in [5.41, 5.74) is 7.37. The molecule has 0 saturated heterocycles. The Morgan fingerprint density at radius 1 is 1.26 bits per heavy atom. The molecule has 3 heteroatoms. The van der Waals surface area contributed by atoms with Crippen molar-refractivity contribution in [3.05, 3.63) is 29.8 Å². The molecule has 108 valence electrons. The van der Waals surface area contributed by atoms with E-state index in [-0.39, 0.29) is 0 Å². The van der Waals surface area contributed by atoms with Gasteiger partial charge in [-0.1, -0.05) is 31.9 Å². The van der Waals surface area contributed by atoms with Crippen LogP contribution >= 0.6 is 0 Å². The summed E-state index contributed by atoms with van der Waals surface area (Å²) in [6, 6.07) is 7.98. The summed E-state index contributed by atoms with van der Waals surface area (Å²) < 4.78 is 0. The number of hydrogen-bond donors (Lipinski definition) is 2. The number of aliphatic hydroxyl groups is 1. The average molecular weight is 264 g/mol. The molecule has 0 radical (unpaired) electrons. The lowest BCUT2D eigenvalue weighted by Crippen LogP contribution is -2.35. The van der Waals surface area contributed by atoms with Crippen molar-refractivity contribution in [3.8, 4) is 0 Å². The molecule has 1 atom stereocenters. The van der Waals surface area contributed by atoms with Crippen molar-refractivity contribution in [2.45, 2.75) is 52.2 Å². The van der Waals surface area contributed by atoms with E-state index >= 15 is 0 Å². The molecule has 0 aliphatic carbocycles. The Hall–Kier alpha value is -1.06. The summed E-state index contributed by atoms with van der Waals surface area (Å²) >= 11 is 0. The van der Waals surface area contributed by atoms with Crippen LogP contribution in [0.4, 0.5) is 5.69 Å². The van der Waals surface area contributed by atoms with Crippen LogP contribution in [0.2, 0.25) is 0 Å². The minimum Gasteiger partial charge on any atom is -0.399 e. The van der Waals surface area contributed by atoms with Gasteiger partial charge in [0.2, 0.25) is 0 Å². The highest BCUT2D eigenvalue weighted by Gasteiger charge is 2.15. The predicted octanol–water partition coefficient (Wildman–Crippen LogP) is 3.20. The molecular formula is C16H28N2O. The number of hydrogen-bond acceptors (Lipinski definition) is 3. The molecule has 3 nitrogen and oxygen atoms in total. The number of nitrogens with two attached hydrogens (primary N) is 1. The quantitative estimate of drug-likeness (QED) is 0.560. The zero-order valence-corrected chi connectivity index (χ0v) is 12.5. The summed E-state index contributed by atoms with van der Waals surface area (Å²) in [5.74, 6) is 0. The molecule has 0 amide bonds. The molecule has 3 N–H and O–H groups in total. The van der Waals surface area contributed by atoms with Gasteiger partial charge in [-0.3, -0.25) is 4.90 Å². The smallest absolute Gasteiger partial charge is 0.0917 e. The molecule has 0 aliphatic heterocycles. The highest BCUT2D eigenvalue weighted by atomic mass is 16.3. The molecular weight excluding hydrogens is 236 g/mol. The van der Waals surface area contributed by atoms with E-state index in [0.29, 0.717) is 18.3 Å². The fourth-order valence-corrected chi connectivity index (χ4v) is 2.22. The van der Waals surface area contributed by atoms with E-state index in [1.165, 1.54) is 19.3 Å². The molecule has 19 heavy (non-hydrogen) atoms. The molecule has 0 fully saturated rings. The third-order valence-corrected chi connectivity index (χ3v) is 3.48. The molecule has 1 unspecified atom stereocenters. The van der Waals surface area contributed by atoms with Gasteiger partial charge in [0.15, 0.2) is 0 Å². The summed E-state index contributed by atoms with van der Waals surface area (Å²) in [4.78, 5) is 2.34. The van der Waals surface area contributed by atoms with Crippen LogP contribution in [0.3, 0.4) is 0 Å². The van der Waals surface area contributed by atoms with Crippen LogP contribution in [0.25, 0.3) is 0 Å². The van der Waals surface area contributed by atoms with Crippen molar-refractivity contribution >= 4 is 5.69 Å². The van der Waals surface area contributed by atoms with E-state index in [0.717, 1.165) is 12.1 Å². The van der Waals surface area contributed by atoms with Crippen molar-refractivity contribution in [2.75, 3.05) is 18.8 Å². The first-order valence-corrected chi connectivity index (χ1v) is 7.32. The largest absolute Gasteiger partial charge is 0.399 e. The van der Waals surface area contributed by atoms with Crippen LogP contribution in [0.15, 0.2) is 24.3 Å². The molecule has 0 heterocycles. The minimum absolute atomic E-state index is 0.451. The fourth-order valence-electron chi connectivity index (χ4n) is 2.22. The lowest BCUT2D eigenvalue weighted by molar-refractivity contribution is 0.0943. The Kier molecular flexibility index (Phi) is 6.89. The second kappa shape index (κ2) is 8.18. The SMILES string of the molecule is CCCCCN(CC(O)c1cccc(N)c1)C(C)C. The van der Waals surface area contributed by atoms with E-state index in [2.05, 4.69) is 25.7 Å². The van der Waals surface area contributed by atoms with Gasteiger partial charge in [-0.05, 0) is 44.5 Å². The van der Waals surface area contributed by atoms with Gasteiger partial charge in [-0.15, -0.1) is 0 Å². The van der Waals surface area contributed by atoms with Gasteiger partial charge in [0.25, 0.3) is 0 Å². The zero-order chi connectivity index (χ0) is 14.3. The van der Waals surface area contributed by atoms with E-state index in [9.17, 15) is 5.11 Å². The Morgan fingerprint density at radius 2 is 2.00 bits per heavy atom. The highest BCUT2D eigenvalue weighted by molar-refractivity contribution is 5.41. The molecule has 0 spiro atoms. The first-order valence-electron chi connectivity index (χ1n) is 7.32. The van der Waals surface area contributed by atoms with Crippen LogP contribution < -0.4 is 5.73 Å². The summed E-state index contributed by atoms with van der Waals surface area (Å²) in [6.45, 7) is 8.28. The van der Waals surface area contributed by atoms with Crippen LogP contribution in [0.1, 0.15) is 51.7 Å². The minimum atomic E-state index is -0.465. The third-order valence-electron chi connectivity index (χ3n) is 3.48. The molecule has 0 aromatic heterocycles. The first kappa shape index (κ1) is 16.0. The topological polar surface area (TPSA) is 49.5 Å². The molecule has 1 aromatic carbocycles. The van der Waals surface area contributed by atoms with Gasteiger partial charge >= 0.3 is 0 Å². The van der Waals surface area contributed by atoms with Gasteiger partial charge in [-0.25, -0.2) is 0 Å². The Bertz CT molecular complexity index is 366. The van der Waals surface area contributed by atoms with Gasteiger partial charge in [-0.2, -0.15) is 0 Å². The van der Waals surface area contributed by atoms with Gasteiger partial charge < -0.3 is 10.8 Å². The van der Waals surface area contributed by atoms with Crippen molar-refractivity contribution in [1.82, 2.24) is 4.90 Å². The number of nitrogens with zero attached hydrogens (tertiary/aromatic N) is 1. The summed E-state index contributed by atoms with van der Waals surface area (Å²) in [6.07, 6.45) is 3.20. The Labute approximate surface area is 117 Å². The molecule has 0 bridgehead atoms. The number of benzene rings is 1. The number of unbranched alkanes of at least 4 members (excludes halogenated alkanes) is 2. The van der Waals surface area contributed by atoms with E-state index in [4.69, 9.17) is 5.73 Å². The maximum absolute atomic E-state index is 10.3. The number of nitrogen functional groups attached to an aromatic ring is 1. The van der Waals surface area contributed by atoms with Gasteiger partial charge in [0.05, 0.1) is 6.10 Å². The van der Waals surface area contributed by atoms with E-state index < -0.39 is 6.10 Å². The maximum Gasteiger partial charge on any atom is 0.0917 e. The molecule has 1 rings (SSSR count). The lowest BCUT2D eigenvalue weighted by atomic mass is 10.1. The van der Waals surface area contributed by atoms with E-state index in [1.807, 2.05) is 24.3 Å². The van der Waals surface area contributed by atoms with E-state index in [1.54, 1.807) is 0 Å². The highest BCUT2D eigenvalue weighted by Crippen LogP contribution is 2.18. The standard InChI is InChI=1S/C16H28N2O/c1-4-5-6-10-18(13(2)3)12-16(19)14-8-7-9-15(17)11-14/h7-9,11,13,16,19H,4-6,10,12,17H2,1-3H3. The van der Waals surface area contributed by atoms with Crippen molar-refractivity contribution in [3.63, 3.8) is 0 Å². The Morgan fingerprint density at radius 3 is 2.58 bits per heavy atom. The Balaban J connectivity index is 2.57. The maximum atomic E-state index is 10.3. The van der Waals surface area contributed by atoms with Crippen LogP contribution in [-0.2, 0) is 0 Å². The normalized spacial score (nSPS) is 13.2. The lowest BCUT2D eigenvalue weighted by Gasteiger charge is -2.29. The second-order valence-corrected chi connectivity index (χ2v) is 5.48. The fraction of sp³-hybridized carbons (Fsp3) is 0.625. The number of rotatable bonds is 8. The monoisotopic (exact) mass is 264 g/mol. The summed E-state index contributed by atoms with van der Waals surface area (Å²) in [7, 11) is 0. The van der Waals surface area contributed by atoms with Gasteiger partial charge in [0, 0.05) is 18.3 Å². The molecule has 0 aliphatic rings. The first-order chi connectivity index (χ1) is 9.04. The van der Waals surface area contributed by atoms with Crippen LogP contribution in [-0.4, -0.2) is 29.1 Å². The van der Waals surface area contributed by atoms with Crippen LogP contribution in [0, 0.1) is 0 Å². The predicted molar refractivity (Wildman–Crippen MR) is 82.0 cm³/mol. The number of aliphatic hydroxyl groups excluding tert-OH is 1. The molecule has 1 aromatic rings. The number of anilines is 1. The molecule has 0 saturated carbocycles. The van der Waals surface area contributed by atoms with Crippen molar-refractivity contribution in [2.24, 2.45) is 0 Å². The van der Waals surface area contributed by atoms with Crippen LogP contribution in [0.5, 0.6) is 0 Å². The third kappa shape index (κ3) is 5.62. The van der Waals surface area contributed by atoms with Crippen molar-refractivity contribution < 1.29 is 5.11 Å². The van der Waals surface area contributed by atoms with Gasteiger partial charge in [0.1, 0.15) is 0 Å².